The van der Waals surface area contributed by atoms with E-state index in [1.54, 1.807) is 24.3 Å². The molecule has 0 bridgehead atoms. The molecule has 3 heteroatoms. The Bertz CT molecular complexity index is 401. The van der Waals surface area contributed by atoms with E-state index >= 15 is 0 Å². The van der Waals surface area contributed by atoms with Crippen LogP contribution in [0.1, 0.15) is 11.1 Å². The number of nitriles is 1. The average Bonchev–Trinajstić information content (AvgIpc) is 2.34. The van der Waals surface area contributed by atoms with E-state index in [-0.39, 0.29) is 0 Å². The van der Waals surface area contributed by atoms with Crippen LogP contribution in [0.4, 0.5) is 0 Å². The van der Waals surface area contributed by atoms with Crippen LogP contribution in [0.3, 0.4) is 0 Å². The maximum absolute atomic E-state index is 8.64. The lowest BCUT2D eigenvalue weighted by Gasteiger charge is -2.08. The summed E-state index contributed by atoms with van der Waals surface area (Å²) in [4.78, 5) is 0. The molecule has 0 unspecified atom stereocenters. The van der Waals surface area contributed by atoms with Crippen molar-refractivity contribution in [1.29, 1.82) is 5.26 Å². The molecule has 1 aromatic rings. The molecule has 82 valence electrons. The Morgan fingerprint density at radius 2 is 2.00 bits per heavy atom. The summed E-state index contributed by atoms with van der Waals surface area (Å²) in [5.41, 5.74) is 1.48. The normalized spacial score (nSPS) is 8.94. The second-order valence-corrected chi connectivity index (χ2v) is 3.00. The number of benzene rings is 1. The van der Waals surface area contributed by atoms with E-state index in [2.05, 4.69) is 19.2 Å². The van der Waals surface area contributed by atoms with Crippen LogP contribution in [0.25, 0.3) is 5.76 Å². The first-order valence-electron chi connectivity index (χ1n) is 4.82. The highest BCUT2D eigenvalue weighted by molar-refractivity contribution is 5.58. The first-order chi connectivity index (χ1) is 7.77. The van der Waals surface area contributed by atoms with Crippen LogP contribution in [0, 0.1) is 11.3 Å². The molecule has 1 rings (SSSR count). The van der Waals surface area contributed by atoms with Crippen LogP contribution in [0.5, 0.6) is 0 Å². The Morgan fingerprint density at radius 1 is 1.31 bits per heavy atom. The SMILES string of the molecule is C=COCCOC(=C)c1ccc(C#N)cc1. The van der Waals surface area contributed by atoms with Gasteiger partial charge in [-0.15, -0.1) is 0 Å². The zero-order valence-corrected chi connectivity index (χ0v) is 8.98. The average molecular weight is 215 g/mol. The standard InChI is InChI=1S/C13H13NO2/c1-3-15-8-9-16-11(2)13-6-4-12(10-14)5-7-13/h3-7H,1-2,8-9H2. The minimum absolute atomic E-state index is 0.421. The molecule has 0 heterocycles. The fourth-order valence-corrected chi connectivity index (χ4v) is 1.11. The second-order valence-electron chi connectivity index (χ2n) is 3.00. The summed E-state index contributed by atoms with van der Waals surface area (Å²) >= 11 is 0. The van der Waals surface area contributed by atoms with Crippen molar-refractivity contribution in [2.45, 2.75) is 0 Å². The third-order valence-corrected chi connectivity index (χ3v) is 1.93. The van der Waals surface area contributed by atoms with Gasteiger partial charge in [-0.25, -0.2) is 0 Å². The molecule has 0 atom stereocenters. The molecule has 0 N–H and O–H groups in total. The van der Waals surface area contributed by atoms with E-state index in [0.717, 1.165) is 5.56 Å². The minimum Gasteiger partial charge on any atom is -0.498 e. The van der Waals surface area contributed by atoms with Crippen molar-refractivity contribution in [2.24, 2.45) is 0 Å². The van der Waals surface area contributed by atoms with E-state index in [9.17, 15) is 0 Å². The van der Waals surface area contributed by atoms with Gasteiger partial charge in [-0.1, -0.05) is 13.2 Å². The van der Waals surface area contributed by atoms with Crippen LogP contribution in [0.2, 0.25) is 0 Å². The van der Waals surface area contributed by atoms with Crippen molar-refractivity contribution in [2.75, 3.05) is 13.2 Å². The van der Waals surface area contributed by atoms with Gasteiger partial charge in [-0.3, -0.25) is 0 Å². The predicted molar refractivity (Wildman–Crippen MR) is 62.3 cm³/mol. The summed E-state index contributed by atoms with van der Waals surface area (Å²) in [6.07, 6.45) is 1.37. The zero-order valence-electron chi connectivity index (χ0n) is 8.98. The number of rotatable bonds is 6. The van der Waals surface area contributed by atoms with Crippen LogP contribution < -0.4 is 0 Å². The largest absolute Gasteiger partial charge is 0.498 e. The van der Waals surface area contributed by atoms with Gasteiger partial charge < -0.3 is 9.47 Å². The number of hydrogen-bond acceptors (Lipinski definition) is 3. The molecule has 0 saturated carbocycles. The lowest BCUT2D eigenvalue weighted by molar-refractivity contribution is 0.163. The van der Waals surface area contributed by atoms with Crippen LogP contribution in [0.15, 0.2) is 43.7 Å². The van der Waals surface area contributed by atoms with E-state index in [1.807, 2.05) is 0 Å². The third kappa shape index (κ3) is 3.50. The molecule has 0 aliphatic heterocycles. The molecule has 0 aliphatic carbocycles. The molecule has 0 aromatic heterocycles. The molecule has 0 radical (unpaired) electrons. The number of nitrogens with zero attached hydrogens (tertiary/aromatic N) is 1. The Labute approximate surface area is 95.2 Å². The minimum atomic E-state index is 0.421. The van der Waals surface area contributed by atoms with Gasteiger partial charge in [-0.2, -0.15) is 5.26 Å². The summed E-state index contributed by atoms with van der Waals surface area (Å²) in [5, 5.41) is 8.64. The summed E-state index contributed by atoms with van der Waals surface area (Å²) < 4.78 is 10.3. The monoisotopic (exact) mass is 215 g/mol. The van der Waals surface area contributed by atoms with Crippen molar-refractivity contribution in [3.8, 4) is 6.07 Å². The van der Waals surface area contributed by atoms with E-state index < -0.39 is 0 Å². The lowest BCUT2D eigenvalue weighted by Crippen LogP contribution is -2.00. The molecule has 0 amide bonds. The fraction of sp³-hybridized carbons (Fsp3) is 0.154. The van der Waals surface area contributed by atoms with E-state index in [0.29, 0.717) is 24.5 Å². The molecule has 0 aliphatic rings. The Kier molecular flexibility index (Phi) is 4.68. The Hall–Kier alpha value is -2.21. The highest BCUT2D eigenvalue weighted by Crippen LogP contribution is 2.14. The molecular weight excluding hydrogens is 202 g/mol. The summed E-state index contributed by atoms with van der Waals surface area (Å²) in [6, 6.07) is 9.11. The van der Waals surface area contributed by atoms with Gasteiger partial charge in [0.25, 0.3) is 0 Å². The topological polar surface area (TPSA) is 42.2 Å². The van der Waals surface area contributed by atoms with Crippen molar-refractivity contribution in [1.82, 2.24) is 0 Å². The second kappa shape index (κ2) is 6.31. The Balaban J connectivity index is 2.47. The van der Waals surface area contributed by atoms with Crippen molar-refractivity contribution >= 4 is 5.76 Å². The van der Waals surface area contributed by atoms with Gasteiger partial charge in [0, 0.05) is 5.56 Å². The summed E-state index contributed by atoms with van der Waals surface area (Å²) in [7, 11) is 0. The lowest BCUT2D eigenvalue weighted by atomic mass is 10.1. The van der Waals surface area contributed by atoms with Crippen LogP contribution in [-0.4, -0.2) is 13.2 Å². The van der Waals surface area contributed by atoms with Gasteiger partial charge in [-0.05, 0) is 24.3 Å². The van der Waals surface area contributed by atoms with Crippen molar-refractivity contribution in [3.05, 3.63) is 54.8 Å². The smallest absolute Gasteiger partial charge is 0.122 e. The molecule has 0 spiro atoms. The molecule has 16 heavy (non-hydrogen) atoms. The predicted octanol–water partition coefficient (Wildman–Crippen LogP) is 2.71. The van der Waals surface area contributed by atoms with Gasteiger partial charge in [0.2, 0.25) is 0 Å². The van der Waals surface area contributed by atoms with Gasteiger partial charge in [0.1, 0.15) is 19.0 Å². The van der Waals surface area contributed by atoms with E-state index in [4.69, 9.17) is 14.7 Å². The molecule has 0 saturated heterocycles. The summed E-state index contributed by atoms with van der Waals surface area (Å²) in [5.74, 6) is 0.567. The zero-order chi connectivity index (χ0) is 11.8. The Morgan fingerprint density at radius 3 is 2.56 bits per heavy atom. The molecular formula is C13H13NO2. The molecule has 3 nitrogen and oxygen atoms in total. The fourth-order valence-electron chi connectivity index (χ4n) is 1.11. The quantitative estimate of drug-likeness (QED) is 0.541. The van der Waals surface area contributed by atoms with E-state index in [1.165, 1.54) is 6.26 Å². The van der Waals surface area contributed by atoms with Gasteiger partial charge in [0.15, 0.2) is 0 Å². The first kappa shape index (κ1) is 11.9. The van der Waals surface area contributed by atoms with Gasteiger partial charge in [0.05, 0.1) is 17.9 Å². The van der Waals surface area contributed by atoms with Crippen LogP contribution in [-0.2, 0) is 9.47 Å². The first-order valence-corrected chi connectivity index (χ1v) is 4.82. The maximum atomic E-state index is 8.64. The number of hydrogen-bond donors (Lipinski definition) is 0. The van der Waals surface area contributed by atoms with Crippen LogP contribution >= 0.6 is 0 Å². The molecule has 1 aromatic carbocycles. The summed E-state index contributed by atoms with van der Waals surface area (Å²) in [6.45, 7) is 8.08. The van der Waals surface area contributed by atoms with Gasteiger partial charge >= 0.3 is 0 Å². The van der Waals surface area contributed by atoms with Crippen molar-refractivity contribution in [3.63, 3.8) is 0 Å². The van der Waals surface area contributed by atoms with Crippen molar-refractivity contribution < 1.29 is 9.47 Å². The number of ether oxygens (including phenoxy) is 2. The highest BCUT2D eigenvalue weighted by atomic mass is 16.5. The molecule has 0 fully saturated rings. The third-order valence-electron chi connectivity index (χ3n) is 1.93. The maximum Gasteiger partial charge on any atom is 0.122 e. The highest BCUT2D eigenvalue weighted by Gasteiger charge is 1.99.